The second-order valence-corrected chi connectivity index (χ2v) is 6.38. The van der Waals surface area contributed by atoms with Gasteiger partial charge in [-0.3, -0.25) is 4.98 Å². The number of nitrogens with zero attached hydrogens (tertiary/aromatic N) is 5. The molecule has 6 heteroatoms. The highest BCUT2D eigenvalue weighted by atomic mass is 16.4. The fourth-order valence-corrected chi connectivity index (χ4v) is 2.88. The summed E-state index contributed by atoms with van der Waals surface area (Å²) in [5.41, 5.74) is 5.03. The zero-order valence-electron chi connectivity index (χ0n) is 15.4. The van der Waals surface area contributed by atoms with E-state index in [1.54, 1.807) is 6.20 Å². The van der Waals surface area contributed by atoms with E-state index >= 15 is 0 Å². The first-order chi connectivity index (χ1) is 13.1. The molecule has 27 heavy (non-hydrogen) atoms. The Balaban J connectivity index is 0.00000225. The normalized spacial score (nSPS) is 10.8. The van der Waals surface area contributed by atoms with Crippen LogP contribution in [0.2, 0.25) is 0 Å². The van der Waals surface area contributed by atoms with Crippen LogP contribution in [0.4, 0.5) is 5.69 Å². The molecule has 2 heterocycles. The van der Waals surface area contributed by atoms with Crippen LogP contribution in [0.15, 0.2) is 65.2 Å². The van der Waals surface area contributed by atoms with Crippen molar-refractivity contribution in [3.63, 3.8) is 0 Å². The number of para-hydroxylation sites is 1. The van der Waals surface area contributed by atoms with Crippen molar-refractivity contribution in [3.8, 4) is 34.3 Å². The summed E-state index contributed by atoms with van der Waals surface area (Å²) in [5, 5.41) is 8.35. The average molecular weight is 359 g/mol. The quantitative estimate of drug-likeness (QED) is 0.535. The maximum absolute atomic E-state index is 5.87. The molecule has 0 atom stereocenters. The van der Waals surface area contributed by atoms with Gasteiger partial charge in [0.25, 0.3) is 5.89 Å². The highest BCUT2D eigenvalue weighted by Crippen LogP contribution is 2.30. The minimum absolute atomic E-state index is 0. The van der Waals surface area contributed by atoms with E-state index in [-0.39, 0.29) is 1.43 Å². The summed E-state index contributed by atoms with van der Waals surface area (Å²) in [6.07, 6.45) is 1.77. The van der Waals surface area contributed by atoms with Crippen LogP contribution in [0.3, 0.4) is 0 Å². The molecule has 2 aromatic carbocycles. The lowest BCUT2D eigenvalue weighted by Crippen LogP contribution is -2.10. The molecule has 2 aromatic heterocycles. The van der Waals surface area contributed by atoms with E-state index in [1.807, 2.05) is 69.6 Å². The van der Waals surface area contributed by atoms with Gasteiger partial charge < -0.3 is 9.32 Å². The first kappa shape index (κ1) is 16.9. The molecular weight excluding hydrogens is 338 g/mol. The molecule has 4 aromatic rings. The third-order valence-corrected chi connectivity index (χ3v) is 4.27. The van der Waals surface area contributed by atoms with Crippen molar-refractivity contribution < 1.29 is 5.84 Å². The summed E-state index contributed by atoms with van der Waals surface area (Å²) < 4.78 is 5.87. The van der Waals surface area contributed by atoms with Crippen molar-refractivity contribution in [3.05, 3.63) is 66.5 Å². The van der Waals surface area contributed by atoms with Crippen molar-refractivity contribution in [2.45, 2.75) is 6.92 Å². The number of rotatable bonds is 4. The fraction of sp³-hybridized carbons (Fsp3) is 0.143. The van der Waals surface area contributed by atoms with Crippen LogP contribution in [0, 0.1) is 6.92 Å². The van der Waals surface area contributed by atoms with E-state index in [0.717, 1.165) is 28.2 Å². The van der Waals surface area contributed by atoms with Gasteiger partial charge in [0.2, 0.25) is 5.89 Å². The zero-order chi connectivity index (χ0) is 18.8. The second-order valence-electron chi connectivity index (χ2n) is 6.38. The third kappa shape index (κ3) is 3.29. The molecule has 0 radical (unpaired) electrons. The molecule has 0 N–H and O–H groups in total. The molecular formula is C21H21N5O. The van der Waals surface area contributed by atoms with Crippen molar-refractivity contribution in [2.24, 2.45) is 0 Å². The Kier molecular flexibility index (Phi) is 4.38. The Bertz CT molecular complexity index is 1080. The van der Waals surface area contributed by atoms with Crippen LogP contribution in [0.25, 0.3) is 34.3 Å². The Morgan fingerprint density at radius 1 is 0.889 bits per heavy atom. The molecule has 0 spiro atoms. The topological polar surface area (TPSA) is 67.9 Å². The molecule has 0 saturated heterocycles. The van der Waals surface area contributed by atoms with Gasteiger partial charge in [0.15, 0.2) is 0 Å². The van der Waals surface area contributed by atoms with E-state index in [0.29, 0.717) is 17.5 Å². The predicted molar refractivity (Wildman–Crippen MR) is 107 cm³/mol. The van der Waals surface area contributed by atoms with Gasteiger partial charge in [-0.15, -0.1) is 10.2 Å². The Morgan fingerprint density at radius 3 is 2.37 bits per heavy atom. The summed E-state index contributed by atoms with van der Waals surface area (Å²) in [6, 6.07) is 17.8. The molecule has 0 fully saturated rings. The largest absolute Gasteiger partial charge is 0.415 e. The van der Waals surface area contributed by atoms with Crippen molar-refractivity contribution in [2.75, 3.05) is 19.0 Å². The summed E-state index contributed by atoms with van der Waals surface area (Å²) in [4.78, 5) is 11.3. The summed E-state index contributed by atoms with van der Waals surface area (Å²) in [7, 11) is 4.01. The summed E-state index contributed by atoms with van der Waals surface area (Å²) >= 11 is 0. The maximum atomic E-state index is 5.87. The number of hydrogen-bond acceptors (Lipinski definition) is 6. The van der Waals surface area contributed by atoms with Crippen LogP contribution in [0.1, 0.15) is 7.12 Å². The lowest BCUT2D eigenvalue weighted by Gasteiger charge is -2.17. The minimum atomic E-state index is 0. The van der Waals surface area contributed by atoms with E-state index in [4.69, 9.17) is 9.40 Å². The van der Waals surface area contributed by atoms with Crippen molar-refractivity contribution in [1.82, 2.24) is 20.2 Å². The molecule has 0 bridgehead atoms. The van der Waals surface area contributed by atoms with E-state index in [2.05, 4.69) is 26.1 Å². The number of aromatic nitrogens is 4. The molecule has 6 nitrogen and oxygen atoms in total. The standard InChI is InChI=1S/C21H19N5O.H2/c1-14-19(21-25-24-20(27-21)15-9-5-4-6-10-15)23-17(13-22-14)16-11-7-8-12-18(16)26(2)3;/h4-13H,1-3H3;1H. The fourth-order valence-electron chi connectivity index (χ4n) is 2.88. The maximum Gasteiger partial charge on any atom is 0.268 e. The molecule has 0 saturated carbocycles. The molecule has 136 valence electrons. The van der Waals surface area contributed by atoms with Gasteiger partial charge >= 0.3 is 0 Å². The van der Waals surface area contributed by atoms with Gasteiger partial charge in [-0.2, -0.15) is 0 Å². The average Bonchev–Trinajstić information content (AvgIpc) is 3.19. The van der Waals surface area contributed by atoms with Crippen LogP contribution < -0.4 is 4.90 Å². The molecule has 0 aliphatic heterocycles. The van der Waals surface area contributed by atoms with Crippen molar-refractivity contribution in [1.29, 1.82) is 0 Å². The summed E-state index contributed by atoms with van der Waals surface area (Å²) in [6.45, 7) is 1.89. The first-order valence-corrected chi connectivity index (χ1v) is 8.63. The molecule has 0 unspecified atom stereocenters. The second kappa shape index (κ2) is 6.99. The lowest BCUT2D eigenvalue weighted by atomic mass is 10.1. The van der Waals surface area contributed by atoms with Gasteiger partial charge in [0, 0.05) is 32.3 Å². The molecule has 0 aliphatic carbocycles. The van der Waals surface area contributed by atoms with Gasteiger partial charge in [-0.1, -0.05) is 36.4 Å². The molecule has 0 aliphatic rings. The summed E-state index contributed by atoms with van der Waals surface area (Å²) in [5.74, 6) is 0.828. The number of anilines is 1. The first-order valence-electron chi connectivity index (χ1n) is 8.63. The third-order valence-electron chi connectivity index (χ3n) is 4.27. The number of aryl methyl sites for hydroxylation is 1. The lowest BCUT2D eigenvalue weighted by molar-refractivity contribution is 0.581. The highest BCUT2D eigenvalue weighted by Gasteiger charge is 2.17. The number of benzene rings is 2. The van der Waals surface area contributed by atoms with Crippen LogP contribution in [0.5, 0.6) is 0 Å². The minimum Gasteiger partial charge on any atom is -0.415 e. The van der Waals surface area contributed by atoms with E-state index < -0.39 is 0 Å². The van der Waals surface area contributed by atoms with E-state index in [1.165, 1.54) is 0 Å². The Labute approximate surface area is 159 Å². The van der Waals surface area contributed by atoms with Crippen LogP contribution >= 0.6 is 0 Å². The smallest absolute Gasteiger partial charge is 0.268 e. The van der Waals surface area contributed by atoms with Gasteiger partial charge in [-0.25, -0.2) is 4.98 Å². The van der Waals surface area contributed by atoms with E-state index in [9.17, 15) is 0 Å². The zero-order valence-corrected chi connectivity index (χ0v) is 15.4. The van der Waals surface area contributed by atoms with Gasteiger partial charge in [0.05, 0.1) is 17.6 Å². The highest BCUT2D eigenvalue weighted by molar-refractivity contribution is 5.76. The van der Waals surface area contributed by atoms with Gasteiger partial charge in [-0.05, 0) is 25.1 Å². The Hall–Kier alpha value is -3.54. The van der Waals surface area contributed by atoms with Crippen LogP contribution in [-0.4, -0.2) is 34.3 Å². The molecule has 4 rings (SSSR count). The Morgan fingerprint density at radius 2 is 1.59 bits per heavy atom. The predicted octanol–water partition coefficient (Wildman–Crippen LogP) is 4.48. The van der Waals surface area contributed by atoms with Crippen LogP contribution in [-0.2, 0) is 0 Å². The van der Waals surface area contributed by atoms with Gasteiger partial charge in [0.1, 0.15) is 5.69 Å². The SMILES string of the molecule is Cc1ncc(-c2ccccc2N(C)C)nc1-c1nnc(-c2ccccc2)o1.[HH]. The molecule has 0 amide bonds. The van der Waals surface area contributed by atoms with Crippen molar-refractivity contribution >= 4 is 5.69 Å². The monoisotopic (exact) mass is 359 g/mol. The number of hydrogen-bond donors (Lipinski definition) is 0.